The number of hydrogen-bond acceptors (Lipinski definition) is 7. The van der Waals surface area contributed by atoms with Crippen LogP contribution in [-0.2, 0) is 16.4 Å². The second kappa shape index (κ2) is 9.76. The van der Waals surface area contributed by atoms with Gasteiger partial charge in [0, 0.05) is 30.8 Å². The lowest BCUT2D eigenvalue weighted by Crippen LogP contribution is -2.33. The van der Waals surface area contributed by atoms with E-state index in [0.29, 0.717) is 25.3 Å². The SMILES string of the molecule is CC1c2ccc(cc2)OC(Cc2ccnc(NS(C)(=O)=O)n2)C1c1ccc(OCCN)cc1. The van der Waals surface area contributed by atoms with Crippen LogP contribution in [0.2, 0.25) is 0 Å². The van der Waals surface area contributed by atoms with Crippen LogP contribution >= 0.6 is 0 Å². The number of ether oxygens (including phenoxy) is 2. The monoisotopic (exact) mass is 468 g/mol. The molecule has 2 aromatic carbocycles. The van der Waals surface area contributed by atoms with Crippen LogP contribution in [-0.4, -0.2) is 43.9 Å². The van der Waals surface area contributed by atoms with E-state index in [4.69, 9.17) is 15.2 Å². The van der Waals surface area contributed by atoms with Gasteiger partial charge in [0.15, 0.2) is 0 Å². The molecule has 0 saturated carbocycles. The van der Waals surface area contributed by atoms with Crippen molar-refractivity contribution in [1.29, 1.82) is 0 Å². The van der Waals surface area contributed by atoms with Gasteiger partial charge in [0.2, 0.25) is 16.0 Å². The van der Waals surface area contributed by atoms with E-state index in [9.17, 15) is 8.42 Å². The summed E-state index contributed by atoms with van der Waals surface area (Å²) in [6.07, 6.45) is 2.88. The van der Waals surface area contributed by atoms with Crippen LogP contribution in [0.25, 0.3) is 0 Å². The molecule has 2 aliphatic rings. The molecule has 0 spiro atoms. The van der Waals surface area contributed by atoms with Gasteiger partial charge in [-0.1, -0.05) is 31.2 Å². The van der Waals surface area contributed by atoms with E-state index < -0.39 is 10.0 Å². The fourth-order valence-electron chi connectivity index (χ4n) is 4.19. The topological polar surface area (TPSA) is 116 Å². The molecule has 2 bridgehead atoms. The van der Waals surface area contributed by atoms with Crippen LogP contribution in [0.1, 0.15) is 35.6 Å². The zero-order valence-corrected chi connectivity index (χ0v) is 19.5. The number of hydrogen-bond donors (Lipinski definition) is 2. The van der Waals surface area contributed by atoms with Gasteiger partial charge in [0.1, 0.15) is 24.2 Å². The van der Waals surface area contributed by atoms with E-state index in [-0.39, 0.29) is 23.9 Å². The summed E-state index contributed by atoms with van der Waals surface area (Å²) in [5, 5.41) is 0. The summed E-state index contributed by atoms with van der Waals surface area (Å²) in [5.41, 5.74) is 8.58. The Morgan fingerprint density at radius 3 is 2.42 bits per heavy atom. The van der Waals surface area contributed by atoms with Crippen molar-refractivity contribution < 1.29 is 17.9 Å². The molecule has 0 radical (unpaired) electrons. The highest BCUT2D eigenvalue weighted by Gasteiger charge is 2.33. The molecule has 3 aromatic rings. The van der Waals surface area contributed by atoms with E-state index >= 15 is 0 Å². The minimum Gasteiger partial charge on any atom is -0.492 e. The van der Waals surface area contributed by atoms with Crippen molar-refractivity contribution in [2.45, 2.75) is 31.3 Å². The van der Waals surface area contributed by atoms with Crippen LogP contribution in [0.5, 0.6) is 11.5 Å². The van der Waals surface area contributed by atoms with Crippen molar-refractivity contribution in [3.05, 3.63) is 77.6 Å². The normalized spacial score (nSPS) is 19.9. The molecule has 2 aliphatic heterocycles. The number of sulfonamides is 1. The third-order valence-electron chi connectivity index (χ3n) is 5.68. The van der Waals surface area contributed by atoms with Crippen LogP contribution in [0.3, 0.4) is 0 Å². The lowest BCUT2D eigenvalue weighted by Gasteiger charge is -2.35. The van der Waals surface area contributed by atoms with Crippen LogP contribution in [0.4, 0.5) is 5.95 Å². The van der Waals surface area contributed by atoms with Crippen LogP contribution < -0.4 is 19.9 Å². The molecule has 3 atom stereocenters. The van der Waals surface area contributed by atoms with E-state index in [1.165, 1.54) is 5.56 Å². The van der Waals surface area contributed by atoms with E-state index in [1.807, 2.05) is 24.3 Å². The van der Waals surface area contributed by atoms with E-state index in [2.05, 4.69) is 45.9 Å². The first-order valence-corrected chi connectivity index (χ1v) is 12.7. The first kappa shape index (κ1) is 23.0. The molecule has 3 unspecified atom stereocenters. The molecule has 0 saturated heterocycles. The molecule has 9 heteroatoms. The molecule has 174 valence electrons. The third kappa shape index (κ3) is 5.80. The predicted octanol–water partition coefficient (Wildman–Crippen LogP) is 3.08. The maximum atomic E-state index is 11.6. The molecule has 0 amide bonds. The van der Waals surface area contributed by atoms with Gasteiger partial charge < -0.3 is 15.2 Å². The quantitative estimate of drug-likeness (QED) is 0.522. The Morgan fingerprint density at radius 1 is 1.06 bits per heavy atom. The maximum absolute atomic E-state index is 11.6. The largest absolute Gasteiger partial charge is 0.492 e. The first-order valence-electron chi connectivity index (χ1n) is 10.8. The molecule has 3 N–H and O–H groups in total. The third-order valence-corrected chi connectivity index (χ3v) is 6.24. The predicted molar refractivity (Wildman–Crippen MR) is 127 cm³/mol. The molecule has 3 heterocycles. The van der Waals surface area contributed by atoms with Crippen molar-refractivity contribution in [1.82, 2.24) is 9.97 Å². The smallest absolute Gasteiger partial charge is 0.236 e. The fourth-order valence-corrected chi connectivity index (χ4v) is 4.62. The summed E-state index contributed by atoms with van der Waals surface area (Å²) in [7, 11) is -3.47. The number of nitrogens with two attached hydrogens (primary N) is 1. The van der Waals surface area contributed by atoms with Gasteiger partial charge in [-0.25, -0.2) is 18.4 Å². The Bertz CT molecular complexity index is 1180. The molecule has 0 fully saturated rings. The van der Waals surface area contributed by atoms with Crippen LogP contribution in [0, 0.1) is 0 Å². The van der Waals surface area contributed by atoms with Gasteiger partial charge in [0.25, 0.3) is 0 Å². The molecular weight excluding hydrogens is 440 g/mol. The molecule has 5 rings (SSSR count). The number of benzene rings is 2. The Hall–Kier alpha value is -3.17. The molecular formula is C24H28N4O4S. The summed E-state index contributed by atoms with van der Waals surface area (Å²) in [6.45, 7) is 3.12. The molecule has 8 nitrogen and oxygen atoms in total. The van der Waals surface area contributed by atoms with E-state index in [0.717, 1.165) is 23.3 Å². The lowest BCUT2D eigenvalue weighted by molar-refractivity contribution is 0.153. The highest BCUT2D eigenvalue weighted by atomic mass is 32.2. The van der Waals surface area contributed by atoms with Crippen molar-refractivity contribution in [3.8, 4) is 11.5 Å². The summed E-state index contributed by atoms with van der Waals surface area (Å²) in [6, 6.07) is 18.0. The molecule has 33 heavy (non-hydrogen) atoms. The van der Waals surface area contributed by atoms with Crippen molar-refractivity contribution in [2.75, 3.05) is 24.1 Å². The van der Waals surface area contributed by atoms with Gasteiger partial charge in [-0.15, -0.1) is 0 Å². The maximum Gasteiger partial charge on any atom is 0.236 e. The molecule has 1 aromatic heterocycles. The van der Waals surface area contributed by atoms with Gasteiger partial charge in [-0.05, 0) is 47.4 Å². The lowest BCUT2D eigenvalue weighted by atomic mass is 9.77. The highest BCUT2D eigenvalue weighted by Crippen LogP contribution is 2.41. The second-order valence-electron chi connectivity index (χ2n) is 8.20. The second-order valence-corrected chi connectivity index (χ2v) is 9.94. The minimum absolute atomic E-state index is 0.0368. The fraction of sp³-hybridized carbons (Fsp3) is 0.333. The highest BCUT2D eigenvalue weighted by molar-refractivity contribution is 7.91. The zero-order valence-electron chi connectivity index (χ0n) is 18.6. The Kier molecular flexibility index (Phi) is 6.80. The Morgan fingerprint density at radius 2 is 1.76 bits per heavy atom. The summed E-state index contributed by atoms with van der Waals surface area (Å²) < 4.78 is 37.6. The number of fused-ring (bicyclic) bond motifs is 5. The number of anilines is 1. The minimum atomic E-state index is -3.47. The number of nitrogens with one attached hydrogen (secondary N) is 1. The van der Waals surface area contributed by atoms with Crippen molar-refractivity contribution >= 4 is 16.0 Å². The summed E-state index contributed by atoms with van der Waals surface area (Å²) in [4.78, 5) is 8.42. The van der Waals surface area contributed by atoms with Crippen molar-refractivity contribution in [3.63, 3.8) is 0 Å². The Labute approximate surface area is 194 Å². The summed E-state index contributed by atoms with van der Waals surface area (Å²) >= 11 is 0. The van der Waals surface area contributed by atoms with Gasteiger partial charge >= 0.3 is 0 Å². The number of nitrogens with zero attached hydrogens (tertiary/aromatic N) is 2. The number of rotatable bonds is 8. The van der Waals surface area contributed by atoms with Crippen LogP contribution in [0.15, 0.2) is 60.8 Å². The Balaban J connectivity index is 1.66. The van der Waals surface area contributed by atoms with E-state index in [1.54, 1.807) is 12.3 Å². The van der Waals surface area contributed by atoms with Gasteiger partial charge in [-0.2, -0.15) is 0 Å². The first-order chi connectivity index (χ1) is 15.8. The summed E-state index contributed by atoms with van der Waals surface area (Å²) in [5.74, 6) is 1.82. The zero-order chi connectivity index (χ0) is 23.4. The van der Waals surface area contributed by atoms with Gasteiger partial charge in [0.05, 0.1) is 6.26 Å². The molecule has 0 aliphatic carbocycles. The average molecular weight is 469 g/mol. The van der Waals surface area contributed by atoms with Crippen molar-refractivity contribution in [2.24, 2.45) is 5.73 Å². The number of aromatic nitrogens is 2. The van der Waals surface area contributed by atoms with Gasteiger partial charge in [-0.3, -0.25) is 4.72 Å². The average Bonchev–Trinajstić information content (AvgIpc) is 2.77. The standard InChI is InChI=1S/C24H28N4O4S/c1-16-17-3-9-21(10-4-17)32-22(15-19-11-13-26-24(27-19)28-33(2,29)30)23(16)18-5-7-20(8-6-18)31-14-12-25/h3-11,13,16,22-23H,12,14-15,25H2,1-2H3,(H,26,27,28).